The fraction of sp³-hybridized carbons (Fsp3) is 0.250. The zero-order valence-electron chi connectivity index (χ0n) is 17.3. The van der Waals surface area contributed by atoms with Crippen molar-refractivity contribution in [1.82, 2.24) is 9.88 Å². The number of rotatable bonds is 8. The smallest absolute Gasteiger partial charge is 0.261 e. The van der Waals surface area contributed by atoms with Gasteiger partial charge in [0.2, 0.25) is 5.91 Å². The summed E-state index contributed by atoms with van der Waals surface area (Å²) in [5.74, 6) is -0.498. The molecule has 0 spiro atoms. The number of carbonyl (C=O) groups excluding carboxylic acids is 3. The standard InChI is InChI=1S/C24H23N3O3S/c1-16-25-21(15-31-16)17-10-12-18(13-11-17)26-22(28)9-3-2-6-14-27-23(29)19-7-4-5-8-20(19)24(27)30/h4-5,7-8,10-13,15H,2-3,6,9,14H2,1H3,(H,26,28). The summed E-state index contributed by atoms with van der Waals surface area (Å²) in [7, 11) is 0. The predicted octanol–water partition coefficient (Wildman–Crippen LogP) is 4.91. The van der Waals surface area contributed by atoms with Crippen LogP contribution >= 0.6 is 11.3 Å². The van der Waals surface area contributed by atoms with E-state index in [4.69, 9.17) is 0 Å². The number of imide groups is 1. The highest BCUT2D eigenvalue weighted by Gasteiger charge is 2.34. The number of nitrogens with one attached hydrogen (secondary N) is 1. The molecule has 2 aromatic carbocycles. The molecule has 6 nitrogen and oxygen atoms in total. The molecule has 0 saturated heterocycles. The van der Waals surface area contributed by atoms with Crippen molar-refractivity contribution in [2.75, 3.05) is 11.9 Å². The van der Waals surface area contributed by atoms with Crippen LogP contribution in [0, 0.1) is 6.92 Å². The minimum atomic E-state index is -0.227. The van der Waals surface area contributed by atoms with Gasteiger partial charge in [-0.3, -0.25) is 19.3 Å². The Kier molecular flexibility index (Phi) is 6.23. The molecule has 4 rings (SSSR count). The number of benzene rings is 2. The number of unbranched alkanes of at least 4 members (excludes halogenated alkanes) is 2. The van der Waals surface area contributed by atoms with Crippen LogP contribution in [-0.4, -0.2) is 34.2 Å². The van der Waals surface area contributed by atoms with E-state index in [0.717, 1.165) is 28.4 Å². The van der Waals surface area contributed by atoms with E-state index in [2.05, 4.69) is 10.3 Å². The fourth-order valence-corrected chi connectivity index (χ4v) is 4.24. The second-order valence-electron chi connectivity index (χ2n) is 7.50. The number of fused-ring (bicyclic) bond motifs is 1. The number of aryl methyl sites for hydroxylation is 1. The third-order valence-corrected chi connectivity index (χ3v) is 6.02. The highest BCUT2D eigenvalue weighted by atomic mass is 32.1. The van der Waals surface area contributed by atoms with Gasteiger partial charge < -0.3 is 5.32 Å². The summed E-state index contributed by atoms with van der Waals surface area (Å²) in [5.41, 5.74) is 3.67. The minimum Gasteiger partial charge on any atom is -0.326 e. The van der Waals surface area contributed by atoms with Crippen molar-refractivity contribution >= 4 is 34.7 Å². The van der Waals surface area contributed by atoms with E-state index in [9.17, 15) is 14.4 Å². The van der Waals surface area contributed by atoms with Crippen LogP contribution in [0.2, 0.25) is 0 Å². The van der Waals surface area contributed by atoms with Crippen molar-refractivity contribution in [1.29, 1.82) is 0 Å². The van der Waals surface area contributed by atoms with Gasteiger partial charge in [0.15, 0.2) is 0 Å². The highest BCUT2D eigenvalue weighted by molar-refractivity contribution is 7.09. The van der Waals surface area contributed by atoms with Gasteiger partial charge >= 0.3 is 0 Å². The monoisotopic (exact) mass is 433 g/mol. The molecule has 31 heavy (non-hydrogen) atoms. The molecule has 1 N–H and O–H groups in total. The van der Waals surface area contributed by atoms with E-state index >= 15 is 0 Å². The van der Waals surface area contributed by atoms with Crippen LogP contribution in [0.1, 0.15) is 51.4 Å². The molecule has 0 fully saturated rings. The first-order chi connectivity index (χ1) is 15.0. The fourth-order valence-electron chi connectivity index (χ4n) is 3.62. The number of nitrogens with zero attached hydrogens (tertiary/aromatic N) is 2. The van der Waals surface area contributed by atoms with Crippen LogP contribution in [0.3, 0.4) is 0 Å². The van der Waals surface area contributed by atoms with Crippen LogP contribution < -0.4 is 5.32 Å². The summed E-state index contributed by atoms with van der Waals surface area (Å²) in [5, 5.41) is 5.95. The van der Waals surface area contributed by atoms with E-state index in [1.807, 2.05) is 36.6 Å². The normalized spacial score (nSPS) is 12.9. The largest absolute Gasteiger partial charge is 0.326 e. The van der Waals surface area contributed by atoms with Gasteiger partial charge in [0.05, 0.1) is 21.8 Å². The second kappa shape index (κ2) is 9.22. The summed E-state index contributed by atoms with van der Waals surface area (Å²) in [4.78, 5) is 42.6. The number of hydrogen-bond donors (Lipinski definition) is 1. The van der Waals surface area contributed by atoms with Crippen LogP contribution in [0.4, 0.5) is 5.69 Å². The molecule has 3 amide bonds. The second-order valence-corrected chi connectivity index (χ2v) is 8.56. The highest BCUT2D eigenvalue weighted by Crippen LogP contribution is 2.24. The first kappa shape index (κ1) is 20.9. The van der Waals surface area contributed by atoms with Gasteiger partial charge in [-0.05, 0) is 44.0 Å². The average molecular weight is 434 g/mol. The lowest BCUT2D eigenvalue weighted by Gasteiger charge is -2.13. The van der Waals surface area contributed by atoms with E-state index in [1.54, 1.807) is 35.6 Å². The molecule has 0 bridgehead atoms. The number of anilines is 1. The average Bonchev–Trinajstić information content (AvgIpc) is 3.31. The maximum Gasteiger partial charge on any atom is 0.261 e. The molecule has 3 aromatic rings. The van der Waals surface area contributed by atoms with Gasteiger partial charge in [-0.2, -0.15) is 0 Å². The molecule has 0 radical (unpaired) electrons. The van der Waals surface area contributed by atoms with Gasteiger partial charge in [0.1, 0.15) is 0 Å². The third-order valence-electron chi connectivity index (χ3n) is 5.25. The third kappa shape index (κ3) is 4.72. The van der Waals surface area contributed by atoms with E-state index in [-0.39, 0.29) is 17.7 Å². The van der Waals surface area contributed by atoms with Crippen LogP contribution in [-0.2, 0) is 4.79 Å². The number of aromatic nitrogens is 1. The van der Waals surface area contributed by atoms with Gasteiger partial charge in [-0.1, -0.05) is 30.7 Å². The Labute approximate surface area is 184 Å². The Morgan fingerprint density at radius 2 is 1.65 bits per heavy atom. The summed E-state index contributed by atoms with van der Waals surface area (Å²) in [6, 6.07) is 14.6. The summed E-state index contributed by atoms with van der Waals surface area (Å²) < 4.78 is 0. The molecule has 158 valence electrons. The Balaban J connectivity index is 1.18. The van der Waals surface area contributed by atoms with E-state index < -0.39 is 0 Å². The predicted molar refractivity (Wildman–Crippen MR) is 121 cm³/mol. The Hall–Kier alpha value is -3.32. The van der Waals surface area contributed by atoms with Gasteiger partial charge in [0.25, 0.3) is 11.8 Å². The number of thiazole rings is 1. The van der Waals surface area contributed by atoms with Crippen molar-refractivity contribution < 1.29 is 14.4 Å². The lowest BCUT2D eigenvalue weighted by Crippen LogP contribution is -2.30. The van der Waals surface area contributed by atoms with Crippen LogP contribution in [0.15, 0.2) is 53.9 Å². The van der Waals surface area contributed by atoms with Crippen molar-refractivity contribution in [2.45, 2.75) is 32.6 Å². The van der Waals surface area contributed by atoms with Crippen molar-refractivity contribution in [3.05, 3.63) is 70.0 Å². The molecule has 1 aromatic heterocycles. The summed E-state index contributed by atoms with van der Waals surface area (Å²) in [6.07, 6.45) is 2.55. The zero-order valence-corrected chi connectivity index (χ0v) is 18.1. The molecule has 2 heterocycles. The van der Waals surface area contributed by atoms with Crippen LogP contribution in [0.5, 0.6) is 0 Å². The molecule has 0 saturated carbocycles. The minimum absolute atomic E-state index is 0.0435. The SMILES string of the molecule is Cc1nc(-c2ccc(NC(=O)CCCCCN3C(=O)c4ccccc4C3=O)cc2)cs1. The molecular weight excluding hydrogens is 410 g/mol. The van der Waals surface area contributed by atoms with E-state index in [0.29, 0.717) is 36.9 Å². The molecule has 0 unspecified atom stereocenters. The number of hydrogen-bond acceptors (Lipinski definition) is 5. The molecular formula is C24H23N3O3S. The number of carbonyl (C=O) groups is 3. The Morgan fingerprint density at radius 1 is 0.968 bits per heavy atom. The van der Waals surface area contributed by atoms with Crippen LogP contribution in [0.25, 0.3) is 11.3 Å². The zero-order chi connectivity index (χ0) is 21.8. The van der Waals surface area contributed by atoms with Crippen molar-refractivity contribution in [3.8, 4) is 11.3 Å². The first-order valence-corrected chi connectivity index (χ1v) is 11.2. The van der Waals surface area contributed by atoms with Crippen molar-refractivity contribution in [3.63, 3.8) is 0 Å². The van der Waals surface area contributed by atoms with Crippen molar-refractivity contribution in [2.24, 2.45) is 0 Å². The molecule has 1 aliphatic rings. The number of amides is 3. The van der Waals surface area contributed by atoms with E-state index in [1.165, 1.54) is 4.90 Å². The molecule has 0 atom stereocenters. The van der Waals surface area contributed by atoms with Gasteiger partial charge in [-0.25, -0.2) is 4.98 Å². The molecule has 1 aliphatic heterocycles. The summed E-state index contributed by atoms with van der Waals surface area (Å²) >= 11 is 1.61. The lowest BCUT2D eigenvalue weighted by atomic mass is 10.1. The molecule has 7 heteroatoms. The Morgan fingerprint density at radius 3 is 2.26 bits per heavy atom. The summed E-state index contributed by atoms with van der Waals surface area (Å²) in [6.45, 7) is 2.36. The quantitative estimate of drug-likeness (QED) is 0.404. The molecule has 0 aliphatic carbocycles. The van der Waals surface area contributed by atoms with Gasteiger partial charge in [0, 0.05) is 29.6 Å². The van der Waals surface area contributed by atoms with Gasteiger partial charge in [-0.15, -0.1) is 11.3 Å². The maximum atomic E-state index is 12.3. The Bertz CT molecular complexity index is 1090. The first-order valence-electron chi connectivity index (χ1n) is 10.3. The maximum absolute atomic E-state index is 12.3. The lowest BCUT2D eigenvalue weighted by molar-refractivity contribution is -0.116. The topological polar surface area (TPSA) is 79.4 Å².